The summed E-state index contributed by atoms with van der Waals surface area (Å²) >= 11 is 0. The van der Waals surface area contributed by atoms with E-state index < -0.39 is 0 Å². The Morgan fingerprint density at radius 3 is 2.56 bits per heavy atom. The zero-order chi connectivity index (χ0) is 19.6. The monoisotopic (exact) mass is 370 g/mol. The summed E-state index contributed by atoms with van der Waals surface area (Å²) in [6.45, 7) is 5.77. The minimum atomic E-state index is -0.0336. The first-order valence-corrected chi connectivity index (χ1v) is 9.27. The lowest BCUT2D eigenvalue weighted by Gasteiger charge is -2.17. The van der Waals surface area contributed by atoms with Crippen molar-refractivity contribution < 1.29 is 9.21 Å². The maximum atomic E-state index is 11.8. The summed E-state index contributed by atoms with van der Waals surface area (Å²) in [6, 6.07) is 12.4. The van der Waals surface area contributed by atoms with Crippen molar-refractivity contribution in [1.29, 1.82) is 0 Å². The molecule has 0 saturated carbocycles. The average molecular weight is 370 g/mol. The number of hydrogen-bond acceptors (Lipinski definition) is 3. The van der Waals surface area contributed by atoms with Crippen LogP contribution in [0.1, 0.15) is 29.7 Å². The van der Waals surface area contributed by atoms with Gasteiger partial charge in [-0.1, -0.05) is 36.8 Å². The molecule has 1 heterocycles. The zero-order valence-corrected chi connectivity index (χ0v) is 16.7. The van der Waals surface area contributed by atoms with E-state index in [2.05, 4.69) is 53.7 Å². The van der Waals surface area contributed by atoms with Crippen LogP contribution in [0, 0.1) is 6.92 Å². The van der Waals surface area contributed by atoms with Crippen molar-refractivity contribution in [2.45, 2.75) is 26.2 Å². The lowest BCUT2D eigenvalue weighted by molar-refractivity contribution is -0.127. The van der Waals surface area contributed by atoms with E-state index in [4.69, 9.17) is 4.42 Å². The molecule has 2 aromatic rings. The molecule has 1 unspecified atom stereocenters. The second-order valence-electron chi connectivity index (χ2n) is 6.90. The van der Waals surface area contributed by atoms with Gasteiger partial charge in [0.25, 0.3) is 0 Å². The van der Waals surface area contributed by atoms with Crippen LogP contribution >= 0.6 is 0 Å². The SMILES string of the molecule is Cc1ccc(C(C)CNC(=NCC(=O)N(C)C)NCCc2ccco2)cc1. The lowest BCUT2D eigenvalue weighted by Crippen LogP contribution is -2.41. The molecule has 2 rings (SSSR count). The van der Waals surface area contributed by atoms with Crippen LogP contribution in [0.3, 0.4) is 0 Å². The van der Waals surface area contributed by atoms with Crippen molar-refractivity contribution in [2.75, 3.05) is 33.7 Å². The van der Waals surface area contributed by atoms with E-state index in [0.717, 1.165) is 18.7 Å². The van der Waals surface area contributed by atoms with Crippen LogP contribution in [0.4, 0.5) is 0 Å². The second-order valence-corrected chi connectivity index (χ2v) is 6.90. The molecule has 0 bridgehead atoms. The van der Waals surface area contributed by atoms with Crippen molar-refractivity contribution in [3.8, 4) is 0 Å². The number of furan rings is 1. The number of carbonyl (C=O) groups is 1. The summed E-state index contributed by atoms with van der Waals surface area (Å²) in [5.41, 5.74) is 2.52. The van der Waals surface area contributed by atoms with Gasteiger partial charge in [-0.25, -0.2) is 4.99 Å². The summed E-state index contributed by atoms with van der Waals surface area (Å²) in [6.07, 6.45) is 2.42. The van der Waals surface area contributed by atoms with Gasteiger partial charge in [0.15, 0.2) is 5.96 Å². The average Bonchev–Trinajstić information content (AvgIpc) is 3.16. The van der Waals surface area contributed by atoms with Gasteiger partial charge in [0.1, 0.15) is 12.3 Å². The number of aliphatic imine (C=N–C) groups is 1. The van der Waals surface area contributed by atoms with Crippen LogP contribution in [0.25, 0.3) is 0 Å². The van der Waals surface area contributed by atoms with E-state index in [1.165, 1.54) is 11.1 Å². The van der Waals surface area contributed by atoms with Gasteiger partial charge < -0.3 is 20.0 Å². The highest BCUT2D eigenvalue weighted by atomic mass is 16.3. The number of aryl methyl sites for hydroxylation is 1. The Bertz CT molecular complexity index is 721. The normalized spacial score (nSPS) is 12.5. The van der Waals surface area contributed by atoms with Crippen molar-refractivity contribution in [1.82, 2.24) is 15.5 Å². The summed E-state index contributed by atoms with van der Waals surface area (Å²) in [7, 11) is 3.46. The molecule has 0 radical (unpaired) electrons. The molecule has 0 aliphatic heterocycles. The fraction of sp³-hybridized carbons (Fsp3) is 0.429. The number of amides is 1. The number of hydrogen-bond donors (Lipinski definition) is 2. The molecule has 1 aromatic carbocycles. The highest BCUT2D eigenvalue weighted by molar-refractivity contribution is 5.84. The fourth-order valence-corrected chi connectivity index (χ4v) is 2.48. The molecule has 27 heavy (non-hydrogen) atoms. The van der Waals surface area contributed by atoms with E-state index in [9.17, 15) is 4.79 Å². The highest BCUT2D eigenvalue weighted by Crippen LogP contribution is 2.14. The van der Waals surface area contributed by atoms with Crippen LogP contribution in [-0.4, -0.2) is 50.5 Å². The molecule has 1 aromatic heterocycles. The Morgan fingerprint density at radius 2 is 1.93 bits per heavy atom. The van der Waals surface area contributed by atoms with Crippen LogP contribution < -0.4 is 10.6 Å². The predicted molar refractivity (Wildman–Crippen MR) is 109 cm³/mol. The molecule has 2 N–H and O–H groups in total. The quantitative estimate of drug-likeness (QED) is 0.553. The van der Waals surface area contributed by atoms with Gasteiger partial charge in [-0.05, 0) is 30.5 Å². The third-order valence-electron chi connectivity index (χ3n) is 4.34. The van der Waals surface area contributed by atoms with Crippen molar-refractivity contribution in [3.05, 3.63) is 59.5 Å². The first-order valence-electron chi connectivity index (χ1n) is 9.27. The number of guanidine groups is 1. The summed E-state index contributed by atoms with van der Waals surface area (Å²) < 4.78 is 5.35. The molecule has 0 aliphatic carbocycles. The number of nitrogens with zero attached hydrogens (tertiary/aromatic N) is 2. The van der Waals surface area contributed by atoms with Gasteiger partial charge in [-0.2, -0.15) is 0 Å². The molecule has 6 nitrogen and oxygen atoms in total. The molecule has 0 spiro atoms. The zero-order valence-electron chi connectivity index (χ0n) is 16.7. The van der Waals surface area contributed by atoms with E-state index in [0.29, 0.717) is 18.4 Å². The molecule has 0 saturated heterocycles. The van der Waals surface area contributed by atoms with Gasteiger partial charge in [0, 0.05) is 33.6 Å². The largest absolute Gasteiger partial charge is 0.469 e. The number of likely N-dealkylation sites (N-methyl/N-ethyl adjacent to an activating group) is 1. The smallest absolute Gasteiger partial charge is 0.243 e. The van der Waals surface area contributed by atoms with E-state index in [-0.39, 0.29) is 12.5 Å². The molecule has 0 fully saturated rings. The van der Waals surface area contributed by atoms with Crippen molar-refractivity contribution in [2.24, 2.45) is 4.99 Å². The topological polar surface area (TPSA) is 69.9 Å². The minimum absolute atomic E-state index is 0.0336. The van der Waals surface area contributed by atoms with Gasteiger partial charge in [0.05, 0.1) is 6.26 Å². The molecular formula is C21H30N4O2. The number of carbonyl (C=O) groups excluding carboxylic acids is 1. The first-order chi connectivity index (χ1) is 13.0. The van der Waals surface area contributed by atoms with Crippen LogP contribution in [0.15, 0.2) is 52.1 Å². The van der Waals surface area contributed by atoms with Crippen LogP contribution in [0.5, 0.6) is 0 Å². The Labute approximate surface area is 161 Å². The van der Waals surface area contributed by atoms with Gasteiger partial charge >= 0.3 is 0 Å². The summed E-state index contributed by atoms with van der Waals surface area (Å²) in [5, 5.41) is 6.62. The fourth-order valence-electron chi connectivity index (χ4n) is 2.48. The van der Waals surface area contributed by atoms with Crippen LogP contribution in [-0.2, 0) is 11.2 Å². The predicted octanol–water partition coefficient (Wildman–Crippen LogP) is 2.56. The molecule has 6 heteroatoms. The summed E-state index contributed by atoms with van der Waals surface area (Å²) in [5.74, 6) is 1.84. The third kappa shape index (κ3) is 7.17. The number of nitrogens with one attached hydrogen (secondary N) is 2. The molecule has 1 atom stereocenters. The van der Waals surface area contributed by atoms with Gasteiger partial charge in [-0.3, -0.25) is 4.79 Å². The first kappa shape index (κ1) is 20.6. The number of benzene rings is 1. The molecular weight excluding hydrogens is 340 g/mol. The Hall–Kier alpha value is -2.76. The Kier molecular flexibility index (Phi) is 7.92. The van der Waals surface area contributed by atoms with E-state index >= 15 is 0 Å². The Balaban J connectivity index is 1.92. The maximum Gasteiger partial charge on any atom is 0.243 e. The Morgan fingerprint density at radius 1 is 1.19 bits per heavy atom. The maximum absolute atomic E-state index is 11.8. The molecule has 1 amide bonds. The second kappa shape index (κ2) is 10.4. The minimum Gasteiger partial charge on any atom is -0.469 e. The number of rotatable bonds is 8. The van der Waals surface area contributed by atoms with Crippen LogP contribution in [0.2, 0.25) is 0 Å². The van der Waals surface area contributed by atoms with Gasteiger partial charge in [0.2, 0.25) is 5.91 Å². The van der Waals surface area contributed by atoms with Crippen molar-refractivity contribution in [3.63, 3.8) is 0 Å². The van der Waals surface area contributed by atoms with E-state index in [1.807, 2.05) is 12.1 Å². The lowest BCUT2D eigenvalue weighted by atomic mass is 10.0. The summed E-state index contributed by atoms with van der Waals surface area (Å²) in [4.78, 5) is 17.8. The van der Waals surface area contributed by atoms with Crippen molar-refractivity contribution >= 4 is 11.9 Å². The molecule has 0 aliphatic rings. The van der Waals surface area contributed by atoms with E-state index in [1.54, 1.807) is 25.3 Å². The highest BCUT2D eigenvalue weighted by Gasteiger charge is 2.09. The molecule has 146 valence electrons. The standard InChI is InChI=1S/C21H30N4O2/c1-16-7-9-18(10-8-16)17(2)14-23-21(24-15-20(26)25(3)4)22-12-11-19-6-5-13-27-19/h5-10,13,17H,11-12,14-15H2,1-4H3,(H2,22,23,24). The van der Waals surface area contributed by atoms with Gasteiger partial charge in [-0.15, -0.1) is 0 Å². The third-order valence-corrected chi connectivity index (χ3v) is 4.34.